The molecule has 0 radical (unpaired) electrons. The summed E-state index contributed by atoms with van der Waals surface area (Å²) in [5.74, 6) is 0.0373. The van der Waals surface area contributed by atoms with Crippen LogP contribution in [0, 0.1) is 11.8 Å². The fraction of sp³-hybridized carbons (Fsp3) is 0.500. The molecule has 0 spiro atoms. The monoisotopic (exact) mass is 339 g/mol. The number of para-hydroxylation sites is 1. The zero-order valence-corrected chi connectivity index (χ0v) is 14.5. The average molecular weight is 339 g/mol. The second kappa shape index (κ2) is 6.90. The Morgan fingerprint density at radius 1 is 1.12 bits per heavy atom. The first-order valence-corrected chi connectivity index (χ1v) is 9.35. The molecule has 2 amide bonds. The van der Waals surface area contributed by atoms with Crippen LogP contribution in [-0.2, 0) is 16.0 Å². The first kappa shape index (κ1) is 16.2. The Morgan fingerprint density at radius 2 is 1.92 bits per heavy atom. The smallest absolute Gasteiger partial charge is 0.226 e. The van der Waals surface area contributed by atoms with Crippen LogP contribution in [0.4, 0.5) is 0 Å². The summed E-state index contributed by atoms with van der Waals surface area (Å²) in [6.45, 7) is 2.34. The third-order valence-corrected chi connectivity index (χ3v) is 5.48. The number of carbonyl (C=O) groups is 2. The highest BCUT2D eigenvalue weighted by Gasteiger charge is 2.49. The van der Waals surface area contributed by atoms with E-state index < -0.39 is 0 Å². The lowest BCUT2D eigenvalue weighted by atomic mass is 10.1. The van der Waals surface area contributed by atoms with Crippen molar-refractivity contribution in [3.05, 3.63) is 36.0 Å². The first-order valence-electron chi connectivity index (χ1n) is 9.35. The molecule has 0 bridgehead atoms. The Bertz CT molecular complexity index is 776. The largest absolute Gasteiger partial charge is 0.361 e. The lowest BCUT2D eigenvalue weighted by Gasteiger charge is -2.26. The molecule has 4 rings (SSSR count). The number of nitrogens with zero attached hydrogens (tertiary/aromatic N) is 1. The molecule has 2 aromatic rings. The fourth-order valence-electron chi connectivity index (χ4n) is 3.90. The Labute approximate surface area is 147 Å². The van der Waals surface area contributed by atoms with E-state index in [9.17, 15) is 9.59 Å². The molecular weight excluding hydrogens is 314 g/mol. The number of aromatic nitrogens is 1. The summed E-state index contributed by atoms with van der Waals surface area (Å²) in [6.07, 6.45) is 6.93. The number of likely N-dealkylation sites (tertiary alicyclic amines) is 1. The number of aromatic amines is 1. The summed E-state index contributed by atoms with van der Waals surface area (Å²) in [6, 6.07) is 8.19. The molecule has 2 aliphatic rings. The van der Waals surface area contributed by atoms with E-state index in [4.69, 9.17) is 0 Å². The molecule has 1 aliphatic carbocycles. The van der Waals surface area contributed by atoms with Gasteiger partial charge in [-0.1, -0.05) is 18.2 Å². The van der Waals surface area contributed by atoms with Crippen LogP contribution >= 0.6 is 0 Å². The maximum Gasteiger partial charge on any atom is 0.226 e. The molecule has 1 saturated carbocycles. The zero-order valence-electron chi connectivity index (χ0n) is 14.5. The van der Waals surface area contributed by atoms with Crippen molar-refractivity contribution in [2.75, 3.05) is 19.6 Å². The van der Waals surface area contributed by atoms with Crippen molar-refractivity contribution in [2.24, 2.45) is 11.8 Å². The molecule has 2 unspecified atom stereocenters. The van der Waals surface area contributed by atoms with Gasteiger partial charge in [0.2, 0.25) is 11.8 Å². The molecular formula is C20H25N3O2. The molecule has 2 N–H and O–H groups in total. The van der Waals surface area contributed by atoms with E-state index in [1.165, 1.54) is 17.4 Å². The van der Waals surface area contributed by atoms with E-state index in [-0.39, 0.29) is 23.7 Å². The van der Waals surface area contributed by atoms with Gasteiger partial charge in [0.15, 0.2) is 0 Å². The minimum Gasteiger partial charge on any atom is -0.361 e. The van der Waals surface area contributed by atoms with E-state index >= 15 is 0 Å². The lowest BCUT2D eigenvalue weighted by Crippen LogP contribution is -2.38. The van der Waals surface area contributed by atoms with Gasteiger partial charge < -0.3 is 15.2 Å². The van der Waals surface area contributed by atoms with Gasteiger partial charge in [-0.15, -0.1) is 0 Å². The van der Waals surface area contributed by atoms with Crippen molar-refractivity contribution in [1.82, 2.24) is 15.2 Å². The van der Waals surface area contributed by atoms with Crippen molar-refractivity contribution in [3.63, 3.8) is 0 Å². The number of fused-ring (bicyclic) bond motifs is 1. The molecule has 25 heavy (non-hydrogen) atoms. The van der Waals surface area contributed by atoms with E-state index in [1.54, 1.807) is 0 Å². The Kier molecular flexibility index (Phi) is 4.47. The number of hydrogen-bond acceptors (Lipinski definition) is 2. The van der Waals surface area contributed by atoms with Crippen molar-refractivity contribution < 1.29 is 9.59 Å². The number of carbonyl (C=O) groups excluding carboxylic acids is 2. The van der Waals surface area contributed by atoms with Gasteiger partial charge in [0.05, 0.1) is 11.8 Å². The number of H-pyrrole nitrogens is 1. The summed E-state index contributed by atoms with van der Waals surface area (Å²) in [5.41, 5.74) is 2.34. The quantitative estimate of drug-likeness (QED) is 0.879. The van der Waals surface area contributed by atoms with Crippen LogP contribution in [0.1, 0.15) is 31.2 Å². The summed E-state index contributed by atoms with van der Waals surface area (Å²) in [7, 11) is 0. The topological polar surface area (TPSA) is 65.2 Å². The van der Waals surface area contributed by atoms with Crippen LogP contribution in [-0.4, -0.2) is 41.3 Å². The highest BCUT2D eigenvalue weighted by Crippen LogP contribution is 2.40. The number of rotatable bonds is 5. The van der Waals surface area contributed by atoms with Crippen LogP contribution in [0.5, 0.6) is 0 Å². The van der Waals surface area contributed by atoms with E-state index in [2.05, 4.69) is 22.4 Å². The molecule has 1 aromatic heterocycles. The van der Waals surface area contributed by atoms with Gasteiger partial charge in [0, 0.05) is 36.7 Å². The number of benzene rings is 1. The Balaban J connectivity index is 1.25. The van der Waals surface area contributed by atoms with Crippen molar-refractivity contribution >= 4 is 22.7 Å². The van der Waals surface area contributed by atoms with Crippen molar-refractivity contribution in [2.45, 2.75) is 32.1 Å². The van der Waals surface area contributed by atoms with Crippen LogP contribution in [0.3, 0.4) is 0 Å². The summed E-state index contributed by atoms with van der Waals surface area (Å²) in [5, 5.41) is 4.22. The van der Waals surface area contributed by atoms with E-state index in [0.29, 0.717) is 13.0 Å². The van der Waals surface area contributed by atoms with Gasteiger partial charge >= 0.3 is 0 Å². The number of hydrogen-bond donors (Lipinski definition) is 2. The van der Waals surface area contributed by atoms with Crippen molar-refractivity contribution in [3.8, 4) is 0 Å². The first-order chi connectivity index (χ1) is 12.2. The van der Waals surface area contributed by atoms with Gasteiger partial charge in [-0.3, -0.25) is 9.59 Å². The molecule has 2 heterocycles. The summed E-state index contributed by atoms with van der Waals surface area (Å²) < 4.78 is 0. The highest BCUT2D eigenvalue weighted by atomic mass is 16.2. The normalized spacial score (nSPS) is 22.8. The average Bonchev–Trinajstić information content (AvgIpc) is 3.36. The highest BCUT2D eigenvalue weighted by molar-refractivity contribution is 5.92. The number of piperidine rings is 1. The molecule has 5 heteroatoms. The Hall–Kier alpha value is -2.30. The second-order valence-corrected chi connectivity index (χ2v) is 7.24. The van der Waals surface area contributed by atoms with Gasteiger partial charge in [-0.05, 0) is 43.7 Å². The molecule has 1 saturated heterocycles. The van der Waals surface area contributed by atoms with Crippen LogP contribution in [0.15, 0.2) is 30.5 Å². The molecule has 2 fully saturated rings. The Morgan fingerprint density at radius 3 is 2.76 bits per heavy atom. The fourth-order valence-corrected chi connectivity index (χ4v) is 3.90. The summed E-state index contributed by atoms with van der Waals surface area (Å²) >= 11 is 0. The third-order valence-electron chi connectivity index (χ3n) is 5.48. The second-order valence-electron chi connectivity index (χ2n) is 7.24. The SMILES string of the molecule is O=C(NCCc1c[nH]c2ccccc12)C1CC1C(=O)N1CCCCC1. The van der Waals surface area contributed by atoms with Gasteiger partial charge in [0.25, 0.3) is 0 Å². The molecule has 5 nitrogen and oxygen atoms in total. The standard InChI is InChI=1S/C20H25N3O2/c24-19(16-12-17(16)20(25)23-10-4-1-5-11-23)21-9-8-14-13-22-18-7-3-2-6-15(14)18/h2-3,6-7,13,16-17,22H,1,4-5,8-12H2,(H,21,24). The van der Waals surface area contributed by atoms with Gasteiger partial charge in [-0.25, -0.2) is 0 Å². The maximum absolute atomic E-state index is 12.4. The predicted molar refractivity (Wildman–Crippen MR) is 97.0 cm³/mol. The van der Waals surface area contributed by atoms with Crippen LogP contribution in [0.25, 0.3) is 10.9 Å². The van der Waals surface area contributed by atoms with Crippen LogP contribution in [0.2, 0.25) is 0 Å². The minimum atomic E-state index is -0.114. The van der Waals surface area contributed by atoms with Gasteiger partial charge in [0.1, 0.15) is 0 Å². The summed E-state index contributed by atoms with van der Waals surface area (Å²) in [4.78, 5) is 29.9. The van der Waals surface area contributed by atoms with E-state index in [0.717, 1.165) is 37.9 Å². The zero-order chi connectivity index (χ0) is 17.2. The third kappa shape index (κ3) is 3.41. The number of nitrogens with one attached hydrogen (secondary N) is 2. The van der Waals surface area contributed by atoms with Gasteiger partial charge in [-0.2, -0.15) is 0 Å². The maximum atomic E-state index is 12.4. The van der Waals surface area contributed by atoms with E-state index in [1.807, 2.05) is 23.2 Å². The molecule has 1 aliphatic heterocycles. The predicted octanol–water partition coefficient (Wildman–Crippen LogP) is 2.48. The molecule has 132 valence electrons. The minimum absolute atomic E-state index is 0.0372. The van der Waals surface area contributed by atoms with Crippen LogP contribution < -0.4 is 5.32 Å². The lowest BCUT2D eigenvalue weighted by molar-refractivity contribution is -0.135. The molecule has 1 aromatic carbocycles. The molecule has 2 atom stereocenters. The number of amides is 2. The van der Waals surface area contributed by atoms with Crippen molar-refractivity contribution in [1.29, 1.82) is 0 Å².